The number of aryl methyl sites for hydroxylation is 2. The number of nitrogens with zero attached hydrogens (tertiary/aromatic N) is 3. The van der Waals surface area contributed by atoms with E-state index in [1.807, 2.05) is 78.9 Å². The second-order valence-corrected chi connectivity index (χ2v) is 25.8. The molecule has 0 radical (unpaired) electrons. The molecule has 2 aliphatic heterocycles. The van der Waals surface area contributed by atoms with Crippen LogP contribution in [-0.2, 0) is 45.5 Å². The predicted octanol–water partition coefficient (Wildman–Crippen LogP) is 6.09. The standard InChI is InChI=1S/C47H59N4O13PSSi/c1-29-25-50(44(54)48-42(29)52)40-23-36(63-65(56,66)60-28-39-37(64-67(8,9)46(3,4)5)24-41(62-39)51-26-30(2)43(53)49-45(51)55)38(61-40)27-59-47(31-13-11-10-12-14-31,32-15-19-34(57-6)20-16-32)33-17-21-35(58-7)22-18-33/h10-22,25-26,36-41H,23-24,27-28H2,1-9H3,(H,56,66)(H,48,52,54)(H,49,53,55)/p-1/t36-,37-,38+,39+,40+,41+,65?/m0/s1. The number of nitrogens with one attached hydrogen (secondary N) is 1. The third-order valence-corrected chi connectivity index (χ3v) is 18.9. The number of aromatic amines is 1. The monoisotopic (exact) mass is 977 g/mol. The molecule has 1 unspecified atom stereocenters. The third-order valence-electron chi connectivity index (χ3n) is 12.8. The summed E-state index contributed by atoms with van der Waals surface area (Å²) in [6, 6.07) is 24.6. The Labute approximate surface area is 395 Å². The molecule has 2 N–H and O–H groups in total. The van der Waals surface area contributed by atoms with Crippen molar-refractivity contribution in [2.24, 2.45) is 0 Å². The van der Waals surface area contributed by atoms with Crippen LogP contribution in [0.25, 0.3) is 0 Å². The topological polar surface area (TPSA) is 207 Å². The Morgan fingerprint density at radius 2 is 1.33 bits per heavy atom. The maximum absolute atomic E-state index is 13.2. The zero-order valence-electron chi connectivity index (χ0n) is 39.0. The van der Waals surface area contributed by atoms with Gasteiger partial charge in [0.25, 0.3) is 12.7 Å². The zero-order valence-corrected chi connectivity index (χ0v) is 41.7. The maximum Gasteiger partial charge on any atom is 0.349 e. The number of hydrogen-bond acceptors (Lipinski definition) is 15. The molecule has 2 saturated heterocycles. The molecule has 7 rings (SSSR count). The zero-order chi connectivity index (χ0) is 48.5. The molecule has 360 valence electrons. The molecule has 4 heterocycles. The molecular weight excluding hydrogens is 920 g/mol. The summed E-state index contributed by atoms with van der Waals surface area (Å²) in [5, 5.41) is 12.2. The normalized spacial score (nSPS) is 22.1. The van der Waals surface area contributed by atoms with E-state index in [9.17, 15) is 24.4 Å². The van der Waals surface area contributed by atoms with Crippen LogP contribution in [0.5, 0.6) is 17.4 Å². The second-order valence-electron chi connectivity index (χ2n) is 18.3. The van der Waals surface area contributed by atoms with E-state index in [1.54, 1.807) is 28.1 Å². The Hall–Kier alpha value is -4.66. The van der Waals surface area contributed by atoms with Crippen LogP contribution in [0.15, 0.2) is 106 Å². The van der Waals surface area contributed by atoms with Crippen LogP contribution in [-0.4, -0.2) is 84.2 Å². The third kappa shape index (κ3) is 11.0. The first-order valence-corrected chi connectivity index (χ1v) is 27.4. The molecule has 0 aliphatic carbocycles. The number of aromatic nitrogens is 4. The molecule has 0 spiro atoms. The van der Waals surface area contributed by atoms with Crippen molar-refractivity contribution in [3.63, 3.8) is 0 Å². The first-order chi connectivity index (χ1) is 31.6. The van der Waals surface area contributed by atoms with Crippen LogP contribution in [0.4, 0.5) is 0 Å². The van der Waals surface area contributed by atoms with Gasteiger partial charge in [-0.25, -0.2) is 19.5 Å². The lowest BCUT2D eigenvalue weighted by Gasteiger charge is -2.39. The van der Waals surface area contributed by atoms with Crippen molar-refractivity contribution >= 4 is 27.7 Å². The van der Waals surface area contributed by atoms with E-state index in [-0.39, 0.29) is 36.7 Å². The molecule has 3 aromatic carbocycles. The molecule has 17 nitrogen and oxygen atoms in total. The van der Waals surface area contributed by atoms with Gasteiger partial charge in [0.1, 0.15) is 54.5 Å². The molecule has 0 saturated carbocycles. The second kappa shape index (κ2) is 20.1. The summed E-state index contributed by atoms with van der Waals surface area (Å²) in [4.78, 5) is 56.3. The Morgan fingerprint density at radius 3 is 1.90 bits per heavy atom. The van der Waals surface area contributed by atoms with Gasteiger partial charge in [-0.2, -0.15) is 9.05 Å². The number of ether oxygens (including phenoxy) is 5. The highest BCUT2D eigenvalue weighted by atomic mass is 32.7. The van der Waals surface area contributed by atoms with Crippen molar-refractivity contribution in [1.82, 2.24) is 19.1 Å². The first-order valence-electron chi connectivity index (χ1n) is 21.9. The SMILES string of the molecule is COc1ccc(C(OC[C@H]2O[C@@H](n3cc(C)c([O-])nc3=O)C[C@@H]2O[P+](O)([S-])OC[C@H]2O[C@@H](n3cc(C)c(=O)[nH]c3=O)C[C@@H]2O[Si](C)(C)C(C)(C)C)(c2ccccc2)c2ccc(OC)cc2)cc1. The largest absolute Gasteiger partial charge is 0.858 e. The van der Waals surface area contributed by atoms with Crippen molar-refractivity contribution in [3.05, 3.63) is 150 Å². The van der Waals surface area contributed by atoms with Gasteiger partial charge in [0.15, 0.2) is 8.32 Å². The van der Waals surface area contributed by atoms with Gasteiger partial charge in [0, 0.05) is 30.8 Å². The highest BCUT2D eigenvalue weighted by Gasteiger charge is 2.49. The average Bonchev–Trinajstić information content (AvgIpc) is 3.88. The summed E-state index contributed by atoms with van der Waals surface area (Å²) in [5.41, 5.74) is -0.421. The molecule has 2 fully saturated rings. The summed E-state index contributed by atoms with van der Waals surface area (Å²) in [6.07, 6.45) is -2.22. The van der Waals surface area contributed by atoms with Crippen LogP contribution in [0.1, 0.15) is 73.9 Å². The minimum atomic E-state index is -4.18. The summed E-state index contributed by atoms with van der Waals surface area (Å²) >= 11 is 5.70. The molecule has 20 heteroatoms. The van der Waals surface area contributed by atoms with E-state index < -0.39 is 80.8 Å². The highest BCUT2D eigenvalue weighted by Crippen LogP contribution is 2.58. The minimum Gasteiger partial charge on any atom is -0.858 e. The molecule has 67 heavy (non-hydrogen) atoms. The van der Waals surface area contributed by atoms with Gasteiger partial charge in [-0.05, 0) is 84.4 Å². The predicted molar refractivity (Wildman–Crippen MR) is 253 cm³/mol. The smallest absolute Gasteiger partial charge is 0.349 e. The fourth-order valence-electron chi connectivity index (χ4n) is 8.04. The Kier molecular flexibility index (Phi) is 15.1. The van der Waals surface area contributed by atoms with E-state index >= 15 is 0 Å². The van der Waals surface area contributed by atoms with Crippen molar-refractivity contribution in [2.75, 3.05) is 27.4 Å². The number of methoxy groups -OCH3 is 2. The van der Waals surface area contributed by atoms with Gasteiger partial charge in [0.2, 0.25) is 0 Å². The summed E-state index contributed by atoms with van der Waals surface area (Å²) in [7, 11) is -3.45. The molecule has 7 atom stereocenters. The lowest BCUT2D eigenvalue weighted by Crippen LogP contribution is -2.46. The van der Waals surface area contributed by atoms with Crippen LogP contribution in [0.3, 0.4) is 0 Å². The number of hydrogen-bond donors (Lipinski definition) is 2. The molecule has 5 aromatic rings. The first kappa shape index (κ1) is 50.2. The maximum atomic E-state index is 13.2. The number of H-pyrrole nitrogens is 1. The Balaban J connectivity index is 1.21. The van der Waals surface area contributed by atoms with Crippen molar-refractivity contribution < 1.29 is 47.2 Å². The summed E-state index contributed by atoms with van der Waals surface area (Å²) < 4.78 is 52.9. The lowest BCUT2D eigenvalue weighted by atomic mass is 9.80. The summed E-state index contributed by atoms with van der Waals surface area (Å²) in [5.74, 6) is 0.616. The molecule has 0 bridgehead atoms. The average molecular weight is 978 g/mol. The van der Waals surface area contributed by atoms with Crippen LogP contribution in [0, 0.1) is 13.8 Å². The van der Waals surface area contributed by atoms with Crippen molar-refractivity contribution in [3.8, 4) is 17.4 Å². The highest BCUT2D eigenvalue weighted by molar-refractivity contribution is 8.35. The lowest BCUT2D eigenvalue weighted by molar-refractivity contribution is -0.276. The fraction of sp³-hybridized carbons (Fsp3) is 0.447. The minimum absolute atomic E-state index is 0.0213. The van der Waals surface area contributed by atoms with E-state index in [0.717, 1.165) is 16.7 Å². The van der Waals surface area contributed by atoms with E-state index in [4.69, 9.17) is 49.4 Å². The van der Waals surface area contributed by atoms with Gasteiger partial charge < -0.3 is 45.5 Å². The van der Waals surface area contributed by atoms with Crippen LogP contribution in [0.2, 0.25) is 18.1 Å². The summed E-state index contributed by atoms with van der Waals surface area (Å²) in [6.45, 7) is 13.2. The quantitative estimate of drug-likeness (QED) is 0.0468. The van der Waals surface area contributed by atoms with Gasteiger partial charge in [-0.3, -0.25) is 18.9 Å². The number of rotatable bonds is 17. The molecular formula is C47H58N4O13PSSi-. The van der Waals surface area contributed by atoms with Crippen molar-refractivity contribution in [1.29, 1.82) is 0 Å². The van der Waals surface area contributed by atoms with Crippen LogP contribution < -0.4 is 31.5 Å². The van der Waals surface area contributed by atoms with Gasteiger partial charge in [0.05, 0.1) is 26.9 Å². The van der Waals surface area contributed by atoms with Crippen molar-refractivity contribution in [2.45, 2.75) is 108 Å². The van der Waals surface area contributed by atoms with E-state index in [2.05, 4.69) is 43.8 Å². The van der Waals surface area contributed by atoms with E-state index in [0.29, 0.717) is 17.1 Å². The van der Waals surface area contributed by atoms with Gasteiger partial charge >= 0.3 is 11.4 Å². The van der Waals surface area contributed by atoms with E-state index in [1.165, 1.54) is 21.5 Å². The van der Waals surface area contributed by atoms with Gasteiger partial charge in [-0.15, -0.1) is 0 Å². The molecule has 2 aromatic heterocycles. The molecule has 2 aliphatic rings. The molecule has 0 amide bonds. The number of benzene rings is 3. The van der Waals surface area contributed by atoms with Gasteiger partial charge in [-0.1, -0.05) is 75.4 Å². The Bertz CT molecular complexity index is 2630. The fourth-order valence-corrected chi connectivity index (χ4v) is 10.9. The van der Waals surface area contributed by atoms with Crippen LogP contribution >= 0.6 is 7.15 Å². The Morgan fingerprint density at radius 1 is 0.806 bits per heavy atom.